The molecule has 9 nitrogen and oxygen atoms in total. The summed E-state index contributed by atoms with van der Waals surface area (Å²) in [6, 6.07) is 9.28. The van der Waals surface area contributed by atoms with Crippen LogP contribution in [0.1, 0.15) is 13.8 Å². The van der Waals surface area contributed by atoms with E-state index in [1.54, 1.807) is 0 Å². The van der Waals surface area contributed by atoms with Crippen molar-refractivity contribution in [2.75, 3.05) is 52.4 Å². The lowest BCUT2D eigenvalue weighted by atomic mass is 10.2. The molecule has 0 radical (unpaired) electrons. The van der Waals surface area contributed by atoms with Gasteiger partial charge in [0, 0.05) is 38.3 Å². The number of carbonyl (C=O) groups excluding carboxylic acids is 1. The third kappa shape index (κ3) is 5.56. The fraction of sp³-hybridized carbons (Fsp3) is 0.571. The number of carbonyl (C=O) groups is 1. The zero-order chi connectivity index (χ0) is 21.5. The summed E-state index contributed by atoms with van der Waals surface area (Å²) in [6.07, 6.45) is -0.748. The maximum absolute atomic E-state index is 12.4. The maximum atomic E-state index is 12.4. The molecule has 1 aliphatic rings. The molecule has 1 atom stereocenters. The van der Waals surface area contributed by atoms with Gasteiger partial charge in [-0.15, -0.1) is 0 Å². The standard InChI is InChI=1S/C21H31N5O4/c1-3-23(4-2)16-19(28)25-12-10-24(11-13-25)14-18(27)15-26-20(22-30-21(26)29)17-8-6-5-7-9-17/h5-9,18,27H,3-4,10-16H2,1-2H3. The van der Waals surface area contributed by atoms with Crippen LogP contribution in [0.4, 0.5) is 0 Å². The largest absolute Gasteiger partial charge is 0.441 e. The Hall–Kier alpha value is -2.49. The van der Waals surface area contributed by atoms with E-state index in [0.29, 0.717) is 45.1 Å². The van der Waals surface area contributed by atoms with Crippen molar-refractivity contribution in [3.05, 3.63) is 40.9 Å². The Morgan fingerprint density at radius 2 is 1.80 bits per heavy atom. The molecule has 30 heavy (non-hydrogen) atoms. The molecule has 1 aromatic heterocycles. The van der Waals surface area contributed by atoms with Crippen LogP contribution < -0.4 is 5.76 Å². The van der Waals surface area contributed by atoms with Gasteiger partial charge in [0.15, 0.2) is 5.82 Å². The van der Waals surface area contributed by atoms with Gasteiger partial charge in [0.25, 0.3) is 0 Å². The van der Waals surface area contributed by atoms with Crippen molar-refractivity contribution >= 4 is 5.91 Å². The molecule has 2 heterocycles. The third-order valence-corrected chi connectivity index (χ3v) is 5.56. The zero-order valence-electron chi connectivity index (χ0n) is 17.7. The average Bonchev–Trinajstić information content (AvgIpc) is 3.13. The molecule has 1 N–H and O–H groups in total. The Labute approximate surface area is 176 Å². The highest BCUT2D eigenvalue weighted by atomic mass is 16.5. The van der Waals surface area contributed by atoms with Crippen LogP contribution in [-0.2, 0) is 11.3 Å². The summed E-state index contributed by atoms with van der Waals surface area (Å²) in [5.74, 6) is -0.0198. The Balaban J connectivity index is 1.52. The van der Waals surface area contributed by atoms with E-state index in [1.807, 2.05) is 35.2 Å². The smallest absolute Gasteiger partial charge is 0.390 e. The first-order valence-electron chi connectivity index (χ1n) is 10.5. The van der Waals surface area contributed by atoms with Crippen molar-refractivity contribution < 1.29 is 14.4 Å². The van der Waals surface area contributed by atoms with Crippen molar-refractivity contribution in [1.82, 2.24) is 24.4 Å². The van der Waals surface area contributed by atoms with E-state index in [0.717, 1.165) is 18.7 Å². The fourth-order valence-electron chi connectivity index (χ4n) is 3.71. The first-order chi connectivity index (χ1) is 14.5. The van der Waals surface area contributed by atoms with Crippen LogP contribution in [0.5, 0.6) is 0 Å². The summed E-state index contributed by atoms with van der Waals surface area (Å²) in [5, 5.41) is 14.4. The molecule has 0 bridgehead atoms. The van der Waals surface area contributed by atoms with Crippen LogP contribution in [0.15, 0.2) is 39.6 Å². The van der Waals surface area contributed by atoms with Crippen LogP contribution in [0.25, 0.3) is 11.4 Å². The molecule has 3 rings (SSSR count). The Morgan fingerprint density at radius 1 is 1.13 bits per heavy atom. The minimum absolute atomic E-state index is 0.105. The molecule has 1 fully saturated rings. The Bertz CT molecular complexity index is 854. The summed E-state index contributed by atoms with van der Waals surface area (Å²) >= 11 is 0. The van der Waals surface area contributed by atoms with Gasteiger partial charge in [-0.3, -0.25) is 23.7 Å². The first-order valence-corrected chi connectivity index (χ1v) is 10.5. The van der Waals surface area contributed by atoms with Crippen molar-refractivity contribution in [1.29, 1.82) is 0 Å². The van der Waals surface area contributed by atoms with Crippen molar-refractivity contribution in [3.63, 3.8) is 0 Å². The van der Waals surface area contributed by atoms with Crippen LogP contribution in [-0.4, -0.2) is 93.9 Å². The predicted molar refractivity (Wildman–Crippen MR) is 113 cm³/mol. The number of nitrogens with zero attached hydrogens (tertiary/aromatic N) is 5. The van der Waals surface area contributed by atoms with Crippen LogP contribution in [0.2, 0.25) is 0 Å². The number of β-amino-alcohol motifs (C(OH)–C–C–N with tert-alkyl or cyclic N) is 1. The lowest BCUT2D eigenvalue weighted by molar-refractivity contribution is -0.134. The Kier molecular flexibility index (Phi) is 7.78. The highest BCUT2D eigenvalue weighted by Gasteiger charge is 2.24. The number of amides is 1. The number of hydrogen-bond donors (Lipinski definition) is 1. The summed E-state index contributed by atoms with van der Waals surface area (Å²) in [7, 11) is 0. The summed E-state index contributed by atoms with van der Waals surface area (Å²) in [4.78, 5) is 30.6. The minimum Gasteiger partial charge on any atom is -0.390 e. The summed E-state index contributed by atoms with van der Waals surface area (Å²) < 4.78 is 6.18. The van der Waals surface area contributed by atoms with E-state index < -0.39 is 11.9 Å². The molecule has 2 aromatic rings. The van der Waals surface area contributed by atoms with Crippen molar-refractivity contribution in [2.24, 2.45) is 0 Å². The molecule has 0 spiro atoms. The van der Waals surface area contributed by atoms with Crippen molar-refractivity contribution in [2.45, 2.75) is 26.5 Å². The number of benzene rings is 1. The molecule has 1 saturated heterocycles. The van der Waals surface area contributed by atoms with E-state index in [1.165, 1.54) is 4.57 Å². The van der Waals surface area contributed by atoms with E-state index in [4.69, 9.17) is 4.52 Å². The third-order valence-electron chi connectivity index (χ3n) is 5.56. The number of likely N-dealkylation sites (N-methyl/N-ethyl adjacent to an activating group) is 1. The molecule has 1 aliphatic heterocycles. The lowest BCUT2D eigenvalue weighted by Gasteiger charge is -2.36. The Morgan fingerprint density at radius 3 is 2.43 bits per heavy atom. The van der Waals surface area contributed by atoms with Crippen LogP contribution in [0.3, 0.4) is 0 Å². The van der Waals surface area contributed by atoms with Crippen LogP contribution in [0, 0.1) is 0 Å². The van der Waals surface area contributed by atoms with Gasteiger partial charge in [0.1, 0.15) is 0 Å². The normalized spacial score (nSPS) is 16.2. The van der Waals surface area contributed by atoms with Gasteiger partial charge >= 0.3 is 5.76 Å². The number of aliphatic hydroxyl groups excluding tert-OH is 1. The van der Waals surface area contributed by atoms with Gasteiger partial charge < -0.3 is 10.0 Å². The molecule has 9 heteroatoms. The average molecular weight is 418 g/mol. The van der Waals surface area contributed by atoms with E-state index >= 15 is 0 Å². The molecular formula is C21H31N5O4. The topological polar surface area (TPSA) is 95.1 Å². The second kappa shape index (κ2) is 10.5. The van der Waals surface area contributed by atoms with Gasteiger partial charge in [-0.2, -0.15) is 0 Å². The number of hydrogen-bond acceptors (Lipinski definition) is 7. The van der Waals surface area contributed by atoms with Gasteiger partial charge in [0.2, 0.25) is 5.91 Å². The molecular weight excluding hydrogens is 386 g/mol. The SMILES string of the molecule is CCN(CC)CC(=O)N1CCN(CC(O)Cn2c(-c3ccccc3)noc2=O)CC1. The zero-order valence-corrected chi connectivity index (χ0v) is 17.7. The molecule has 1 amide bonds. The van der Waals surface area contributed by atoms with Gasteiger partial charge in [0.05, 0.1) is 19.2 Å². The van der Waals surface area contributed by atoms with Gasteiger partial charge in [-0.1, -0.05) is 49.3 Å². The summed E-state index contributed by atoms with van der Waals surface area (Å²) in [5.41, 5.74) is 0.760. The molecule has 164 valence electrons. The molecule has 0 saturated carbocycles. The van der Waals surface area contributed by atoms with Gasteiger partial charge in [-0.25, -0.2) is 4.79 Å². The molecule has 0 aliphatic carbocycles. The number of piperazine rings is 1. The van der Waals surface area contributed by atoms with E-state index in [-0.39, 0.29) is 12.5 Å². The summed E-state index contributed by atoms with van der Waals surface area (Å²) in [6.45, 7) is 9.51. The minimum atomic E-state index is -0.748. The second-order valence-electron chi connectivity index (χ2n) is 7.55. The molecule has 1 unspecified atom stereocenters. The molecule has 1 aromatic carbocycles. The fourth-order valence-corrected chi connectivity index (χ4v) is 3.71. The van der Waals surface area contributed by atoms with E-state index in [9.17, 15) is 14.7 Å². The van der Waals surface area contributed by atoms with Gasteiger partial charge in [-0.05, 0) is 13.1 Å². The van der Waals surface area contributed by atoms with Crippen molar-refractivity contribution in [3.8, 4) is 11.4 Å². The lowest BCUT2D eigenvalue weighted by Crippen LogP contribution is -2.52. The number of aliphatic hydroxyl groups is 1. The number of rotatable bonds is 9. The number of aromatic nitrogens is 2. The second-order valence-corrected chi connectivity index (χ2v) is 7.55. The quantitative estimate of drug-likeness (QED) is 0.629. The monoisotopic (exact) mass is 417 g/mol. The predicted octanol–water partition coefficient (Wildman–Crippen LogP) is 0.350. The highest BCUT2D eigenvalue weighted by Crippen LogP contribution is 2.15. The highest BCUT2D eigenvalue weighted by molar-refractivity contribution is 5.78. The maximum Gasteiger partial charge on any atom is 0.441 e. The first kappa shape index (κ1) is 22.2. The van der Waals surface area contributed by atoms with Crippen LogP contribution >= 0.6 is 0 Å². The van der Waals surface area contributed by atoms with E-state index in [2.05, 4.69) is 28.8 Å².